The van der Waals surface area contributed by atoms with Crippen molar-refractivity contribution in [2.75, 3.05) is 25.5 Å². The van der Waals surface area contributed by atoms with Gasteiger partial charge in [0.1, 0.15) is 18.2 Å². The van der Waals surface area contributed by atoms with Crippen LogP contribution in [-0.2, 0) is 4.79 Å². The number of nitrogens with one attached hydrogen (secondary N) is 2. The van der Waals surface area contributed by atoms with Gasteiger partial charge in [0.05, 0.1) is 23.8 Å². The number of para-hydroxylation sites is 1. The number of hydrogen-bond donors (Lipinski definition) is 2. The number of aromatic amines is 1. The molecule has 0 unspecified atom stereocenters. The second kappa shape index (κ2) is 8.82. The normalized spacial score (nSPS) is 14.4. The number of methoxy groups -OCH3 is 1. The van der Waals surface area contributed by atoms with Gasteiger partial charge in [-0.2, -0.15) is 0 Å². The number of carbonyl (C=O) groups excluding carboxylic acids is 1. The lowest BCUT2D eigenvalue weighted by molar-refractivity contribution is -0.127. The van der Waals surface area contributed by atoms with Crippen molar-refractivity contribution < 1.29 is 14.3 Å². The van der Waals surface area contributed by atoms with Crippen molar-refractivity contribution in [3.05, 3.63) is 61.6 Å². The van der Waals surface area contributed by atoms with E-state index in [1.165, 1.54) is 12.4 Å². The average molecular weight is 444 g/mol. The molecule has 1 aliphatic rings. The number of likely N-dealkylation sites (tertiary alicyclic amines) is 1. The predicted octanol–water partition coefficient (Wildman–Crippen LogP) is 4.42. The second-order valence-electron chi connectivity index (χ2n) is 7.96. The predicted molar refractivity (Wildman–Crippen MR) is 128 cm³/mol. The fourth-order valence-electron chi connectivity index (χ4n) is 4.23. The second-order valence-corrected chi connectivity index (χ2v) is 7.96. The molecule has 1 saturated heterocycles. The molecule has 0 aliphatic carbocycles. The summed E-state index contributed by atoms with van der Waals surface area (Å²) in [6, 6.07) is 11.9. The highest BCUT2D eigenvalue weighted by Gasteiger charge is 2.24. The van der Waals surface area contributed by atoms with Gasteiger partial charge in [-0.3, -0.25) is 4.79 Å². The number of rotatable bonds is 6. The third kappa shape index (κ3) is 4.07. The van der Waals surface area contributed by atoms with Gasteiger partial charge in [-0.05, 0) is 24.3 Å². The first-order valence-corrected chi connectivity index (χ1v) is 10.9. The maximum atomic E-state index is 11.9. The molecule has 0 bridgehead atoms. The minimum absolute atomic E-state index is 0.0149. The first-order valence-electron chi connectivity index (χ1n) is 10.9. The van der Waals surface area contributed by atoms with E-state index in [-0.39, 0.29) is 12.0 Å². The summed E-state index contributed by atoms with van der Waals surface area (Å²) in [7, 11) is 1.62. The largest absolute Gasteiger partial charge is 0.493 e. The van der Waals surface area contributed by atoms with Crippen molar-refractivity contribution in [3.63, 3.8) is 0 Å². The summed E-state index contributed by atoms with van der Waals surface area (Å²) in [5, 5.41) is 5.38. The van der Waals surface area contributed by atoms with Crippen LogP contribution >= 0.6 is 0 Å². The molecule has 168 valence electrons. The average Bonchev–Trinajstić information content (AvgIpc) is 3.34. The van der Waals surface area contributed by atoms with E-state index in [4.69, 9.17) is 9.47 Å². The molecule has 8 nitrogen and oxygen atoms in total. The monoisotopic (exact) mass is 443 g/mol. The van der Waals surface area contributed by atoms with Crippen LogP contribution in [0.2, 0.25) is 0 Å². The summed E-state index contributed by atoms with van der Waals surface area (Å²) < 4.78 is 11.9. The Morgan fingerprint density at radius 2 is 2.06 bits per heavy atom. The zero-order valence-electron chi connectivity index (χ0n) is 18.4. The molecule has 0 saturated carbocycles. The van der Waals surface area contributed by atoms with Gasteiger partial charge in [0, 0.05) is 49.0 Å². The highest BCUT2D eigenvalue weighted by Crippen LogP contribution is 2.36. The lowest BCUT2D eigenvalue weighted by atomic mass is 10.1. The van der Waals surface area contributed by atoms with E-state index in [1.54, 1.807) is 12.0 Å². The van der Waals surface area contributed by atoms with Gasteiger partial charge in [-0.25, -0.2) is 9.97 Å². The number of fused-ring (bicyclic) bond motifs is 2. The molecular weight excluding hydrogens is 418 g/mol. The summed E-state index contributed by atoms with van der Waals surface area (Å²) in [5.41, 5.74) is 2.69. The van der Waals surface area contributed by atoms with Gasteiger partial charge in [0.2, 0.25) is 5.91 Å². The Morgan fingerprint density at radius 1 is 1.21 bits per heavy atom. The van der Waals surface area contributed by atoms with Crippen LogP contribution in [-0.4, -0.2) is 52.1 Å². The summed E-state index contributed by atoms with van der Waals surface area (Å²) >= 11 is 0. The van der Waals surface area contributed by atoms with Crippen LogP contribution in [0.1, 0.15) is 12.8 Å². The maximum absolute atomic E-state index is 11.9. The number of H-pyrrole nitrogens is 1. The molecular formula is C25H25N5O3. The third-order valence-corrected chi connectivity index (χ3v) is 5.98. The number of anilines is 2. The van der Waals surface area contributed by atoms with E-state index >= 15 is 0 Å². The fraction of sp³-hybridized carbons (Fsp3) is 0.240. The summed E-state index contributed by atoms with van der Waals surface area (Å²) in [6.07, 6.45) is 6.28. The lowest BCUT2D eigenvalue weighted by Crippen LogP contribution is -2.41. The van der Waals surface area contributed by atoms with Crippen LogP contribution < -0.4 is 14.8 Å². The number of amides is 1. The van der Waals surface area contributed by atoms with E-state index in [0.29, 0.717) is 30.4 Å². The molecule has 8 heteroatoms. The van der Waals surface area contributed by atoms with Crippen molar-refractivity contribution >= 4 is 39.2 Å². The van der Waals surface area contributed by atoms with Crippen LogP contribution in [0.25, 0.3) is 21.8 Å². The van der Waals surface area contributed by atoms with Crippen LogP contribution in [0.15, 0.2) is 61.6 Å². The van der Waals surface area contributed by atoms with Crippen LogP contribution in [0.4, 0.5) is 11.5 Å². The number of nitrogens with zero attached hydrogens (tertiary/aromatic N) is 3. The van der Waals surface area contributed by atoms with Crippen LogP contribution in [0.3, 0.4) is 0 Å². The molecule has 1 aliphatic heterocycles. The van der Waals surface area contributed by atoms with Crippen molar-refractivity contribution in [2.24, 2.45) is 0 Å². The number of benzene rings is 2. The molecule has 5 rings (SSSR count). The minimum atomic E-state index is -0.0401. The SMILES string of the molecule is C=CC(=O)N1CCC(Oc2cc3c(Nc4cccc5cc[nH]c45)ncnc3cc2OC)CC1. The lowest BCUT2D eigenvalue weighted by Gasteiger charge is -2.31. The highest BCUT2D eigenvalue weighted by molar-refractivity contribution is 5.97. The Bertz CT molecular complexity index is 1320. The molecule has 1 amide bonds. The number of carbonyl (C=O) groups is 1. The Hall–Kier alpha value is -4.07. The summed E-state index contributed by atoms with van der Waals surface area (Å²) in [5.74, 6) is 1.89. The van der Waals surface area contributed by atoms with Gasteiger partial charge in [-0.1, -0.05) is 18.7 Å². The molecule has 33 heavy (non-hydrogen) atoms. The van der Waals surface area contributed by atoms with Crippen LogP contribution in [0.5, 0.6) is 11.5 Å². The van der Waals surface area contributed by atoms with E-state index in [2.05, 4.69) is 32.9 Å². The smallest absolute Gasteiger partial charge is 0.245 e. The standard InChI is InChI=1S/C25H25N5O3/c1-3-23(31)30-11-8-17(9-12-30)33-22-13-18-20(14-21(22)32-2)27-15-28-25(18)29-19-6-4-5-16-7-10-26-24(16)19/h3-7,10,13-15,17,26H,1,8-9,11-12H2,2H3,(H,27,28,29). The summed E-state index contributed by atoms with van der Waals surface area (Å²) in [6.45, 7) is 4.85. The van der Waals surface area contributed by atoms with E-state index in [9.17, 15) is 4.79 Å². The molecule has 2 N–H and O–H groups in total. The minimum Gasteiger partial charge on any atom is -0.493 e. The first-order chi connectivity index (χ1) is 16.2. The number of ether oxygens (including phenoxy) is 2. The van der Waals surface area contributed by atoms with Gasteiger partial charge in [-0.15, -0.1) is 0 Å². The van der Waals surface area contributed by atoms with Crippen molar-refractivity contribution in [2.45, 2.75) is 18.9 Å². The molecule has 3 heterocycles. The molecule has 1 fully saturated rings. The van der Waals surface area contributed by atoms with Gasteiger partial charge < -0.3 is 24.7 Å². The number of aromatic nitrogens is 3. The zero-order valence-corrected chi connectivity index (χ0v) is 18.4. The van der Waals surface area contributed by atoms with Crippen LogP contribution in [0, 0.1) is 0 Å². The van der Waals surface area contributed by atoms with Crippen molar-refractivity contribution in [3.8, 4) is 11.5 Å². The third-order valence-electron chi connectivity index (χ3n) is 5.98. The van der Waals surface area contributed by atoms with E-state index < -0.39 is 0 Å². The van der Waals surface area contributed by atoms with Gasteiger partial charge in [0.15, 0.2) is 11.5 Å². The quantitative estimate of drug-likeness (QED) is 0.429. The molecule has 0 atom stereocenters. The summed E-state index contributed by atoms with van der Waals surface area (Å²) in [4.78, 5) is 25.8. The highest BCUT2D eigenvalue weighted by atomic mass is 16.5. The van der Waals surface area contributed by atoms with Crippen molar-refractivity contribution in [1.29, 1.82) is 0 Å². The molecule has 4 aromatic rings. The topological polar surface area (TPSA) is 92.4 Å². The maximum Gasteiger partial charge on any atom is 0.245 e. The molecule has 2 aromatic carbocycles. The Morgan fingerprint density at radius 3 is 2.85 bits per heavy atom. The first kappa shape index (κ1) is 20.8. The molecule has 2 aromatic heterocycles. The Balaban J connectivity index is 1.44. The molecule has 0 spiro atoms. The number of hydrogen-bond acceptors (Lipinski definition) is 6. The van der Waals surface area contributed by atoms with Gasteiger partial charge >= 0.3 is 0 Å². The molecule has 0 radical (unpaired) electrons. The van der Waals surface area contributed by atoms with E-state index in [1.807, 2.05) is 36.5 Å². The zero-order chi connectivity index (χ0) is 22.8. The van der Waals surface area contributed by atoms with Crippen molar-refractivity contribution in [1.82, 2.24) is 19.9 Å². The van der Waals surface area contributed by atoms with E-state index in [0.717, 1.165) is 40.3 Å². The van der Waals surface area contributed by atoms with Gasteiger partial charge in [0.25, 0.3) is 0 Å². The Labute approximate surface area is 191 Å². The fourth-order valence-corrected chi connectivity index (χ4v) is 4.23. The Kier molecular flexibility index (Phi) is 5.56. The number of piperidine rings is 1.